The Kier molecular flexibility index (Phi) is 6.19. The van der Waals surface area contributed by atoms with Crippen LogP contribution < -0.4 is 0 Å². The summed E-state index contributed by atoms with van der Waals surface area (Å²) >= 11 is 0. The first-order chi connectivity index (χ1) is 15.1. The number of carbonyl (C=O) groups excluding carboxylic acids is 3. The van der Waals surface area contributed by atoms with Crippen molar-refractivity contribution < 1.29 is 28.6 Å². The molecular formula is C26H38O6. The van der Waals surface area contributed by atoms with Crippen molar-refractivity contribution in [3.8, 4) is 0 Å². The number of methoxy groups -OCH3 is 1. The van der Waals surface area contributed by atoms with Crippen LogP contribution in [0.3, 0.4) is 0 Å². The summed E-state index contributed by atoms with van der Waals surface area (Å²) in [6.07, 6.45) is 7.85. The highest BCUT2D eigenvalue weighted by Gasteiger charge is 2.61. The van der Waals surface area contributed by atoms with Crippen LogP contribution in [0.25, 0.3) is 0 Å². The average Bonchev–Trinajstić information content (AvgIpc) is 2.98. The number of carbonyl (C=O) groups is 3. The first-order valence-corrected chi connectivity index (χ1v) is 12.2. The van der Waals surface area contributed by atoms with Gasteiger partial charge >= 0.3 is 17.9 Å². The second kappa shape index (κ2) is 8.49. The molecule has 4 fully saturated rings. The van der Waals surface area contributed by atoms with Crippen LogP contribution in [0.1, 0.15) is 78.6 Å². The maximum Gasteiger partial charge on any atom is 0.317 e. The van der Waals surface area contributed by atoms with Crippen molar-refractivity contribution in [2.75, 3.05) is 7.11 Å². The fourth-order valence-electron chi connectivity index (χ4n) is 7.96. The fourth-order valence-corrected chi connectivity index (χ4v) is 7.96. The van der Waals surface area contributed by atoms with Gasteiger partial charge in [0.25, 0.3) is 0 Å². The first kappa shape index (κ1) is 23.3. The SMILES string of the molecule is C=C1C(OC(=O)CC(=O)OC)C[C@H]2[C@@H]3CC[C@@H]4C[C@H](OC(C)=[16O])CC[C@]4(C)[C@H]3CC[C@]12C. The van der Waals surface area contributed by atoms with Gasteiger partial charge in [0.05, 0.1) is 7.11 Å². The van der Waals surface area contributed by atoms with Gasteiger partial charge in [-0.05, 0) is 91.4 Å². The Hall–Kier alpha value is -1.85. The zero-order chi connectivity index (χ0) is 23.3. The van der Waals surface area contributed by atoms with Crippen LogP contribution in [0.5, 0.6) is 0 Å². The van der Waals surface area contributed by atoms with Crippen LogP contribution in [-0.2, 0) is 28.6 Å². The molecule has 0 N–H and O–H groups in total. The standard InChI is InChI=1S/C26H38O6/c1-15-22(32-24(29)14-23(28)30-5)13-21-19-7-6-17-12-18(31-16(2)27)8-10-26(17,4)20(19)9-11-25(15,21)3/h17-22H,1,6-14H2,2-5H3/t17-,18-,19-,20+,21+,22?,25-,26+/m1/s1/i27+0. The minimum Gasteiger partial charge on any atom is -0.469 e. The lowest BCUT2D eigenvalue weighted by Gasteiger charge is -2.60. The number of ether oxygens (including phenoxy) is 3. The Bertz CT molecular complexity index is 804. The van der Waals surface area contributed by atoms with Gasteiger partial charge in [-0.2, -0.15) is 0 Å². The van der Waals surface area contributed by atoms with E-state index in [1.54, 1.807) is 0 Å². The summed E-state index contributed by atoms with van der Waals surface area (Å²) in [4.78, 5) is 35.2. The van der Waals surface area contributed by atoms with Crippen molar-refractivity contribution in [1.29, 1.82) is 0 Å². The third-order valence-corrected chi connectivity index (χ3v) is 9.72. The molecule has 0 bridgehead atoms. The predicted octanol–water partition coefficient (Wildman–Crippen LogP) is 4.60. The van der Waals surface area contributed by atoms with Crippen molar-refractivity contribution in [3.05, 3.63) is 12.2 Å². The maximum absolute atomic E-state index is 12.3. The quantitative estimate of drug-likeness (QED) is 0.272. The molecule has 0 heterocycles. The number of rotatable bonds is 4. The molecule has 0 amide bonds. The van der Waals surface area contributed by atoms with Gasteiger partial charge in [0, 0.05) is 6.92 Å². The monoisotopic (exact) mass is 446 g/mol. The average molecular weight is 447 g/mol. The molecule has 32 heavy (non-hydrogen) atoms. The molecule has 0 aromatic carbocycles. The Labute approximate surface area is 191 Å². The number of esters is 3. The summed E-state index contributed by atoms with van der Waals surface area (Å²) < 4.78 is 15.9. The zero-order valence-electron chi connectivity index (χ0n) is 20.0. The lowest BCUT2D eigenvalue weighted by molar-refractivity contribution is -0.158. The van der Waals surface area contributed by atoms with Gasteiger partial charge in [-0.3, -0.25) is 14.4 Å². The Morgan fingerprint density at radius 2 is 1.72 bits per heavy atom. The summed E-state index contributed by atoms with van der Waals surface area (Å²) in [6.45, 7) is 10.7. The minimum atomic E-state index is -0.571. The van der Waals surface area contributed by atoms with E-state index in [-0.39, 0.29) is 35.4 Å². The van der Waals surface area contributed by atoms with E-state index in [4.69, 9.17) is 9.47 Å². The van der Waals surface area contributed by atoms with E-state index in [0.717, 1.165) is 37.7 Å². The second-order valence-electron chi connectivity index (χ2n) is 11.1. The van der Waals surface area contributed by atoms with Gasteiger partial charge in [0.1, 0.15) is 18.6 Å². The van der Waals surface area contributed by atoms with Crippen molar-refractivity contribution in [3.63, 3.8) is 0 Å². The molecule has 6 heteroatoms. The summed E-state index contributed by atoms with van der Waals surface area (Å²) in [5.41, 5.74) is 1.28. The van der Waals surface area contributed by atoms with Gasteiger partial charge in [-0.15, -0.1) is 0 Å². The van der Waals surface area contributed by atoms with Gasteiger partial charge in [0.15, 0.2) is 0 Å². The lowest BCUT2D eigenvalue weighted by atomic mass is 9.45. The van der Waals surface area contributed by atoms with E-state index in [9.17, 15) is 14.4 Å². The molecule has 8 atom stereocenters. The van der Waals surface area contributed by atoms with Gasteiger partial charge < -0.3 is 14.2 Å². The van der Waals surface area contributed by atoms with Gasteiger partial charge in [-0.1, -0.05) is 20.4 Å². The van der Waals surface area contributed by atoms with Crippen LogP contribution in [0, 0.1) is 34.5 Å². The maximum atomic E-state index is 12.3. The molecule has 4 rings (SSSR count). The highest BCUT2D eigenvalue weighted by atomic mass is 16.6. The molecule has 0 spiro atoms. The summed E-state index contributed by atoms with van der Waals surface area (Å²) in [6, 6.07) is 0. The normalized spacial score (nSPS) is 42.8. The van der Waals surface area contributed by atoms with Crippen LogP contribution >= 0.6 is 0 Å². The van der Waals surface area contributed by atoms with Crippen LogP contribution in [0.15, 0.2) is 12.2 Å². The van der Waals surface area contributed by atoms with Crippen LogP contribution in [-0.4, -0.2) is 37.2 Å². The van der Waals surface area contributed by atoms with Crippen molar-refractivity contribution >= 4 is 17.9 Å². The molecule has 4 saturated carbocycles. The largest absolute Gasteiger partial charge is 0.469 e. The van der Waals surface area contributed by atoms with E-state index in [1.807, 2.05) is 0 Å². The topological polar surface area (TPSA) is 78.9 Å². The fraction of sp³-hybridized carbons (Fsp3) is 0.808. The van der Waals surface area contributed by atoms with E-state index < -0.39 is 11.9 Å². The molecule has 0 aromatic rings. The van der Waals surface area contributed by atoms with Gasteiger partial charge in [-0.25, -0.2) is 0 Å². The van der Waals surface area contributed by atoms with Crippen LogP contribution in [0.2, 0.25) is 0 Å². The number of hydrogen-bond donors (Lipinski definition) is 0. The molecule has 4 aliphatic rings. The minimum absolute atomic E-state index is 0.0183. The predicted molar refractivity (Wildman–Crippen MR) is 118 cm³/mol. The summed E-state index contributed by atoms with van der Waals surface area (Å²) in [7, 11) is 1.27. The molecule has 6 nitrogen and oxygen atoms in total. The smallest absolute Gasteiger partial charge is 0.317 e. The van der Waals surface area contributed by atoms with Crippen LogP contribution in [0.4, 0.5) is 0 Å². The van der Waals surface area contributed by atoms with Crippen molar-refractivity contribution in [2.24, 2.45) is 34.5 Å². The second-order valence-corrected chi connectivity index (χ2v) is 11.1. The molecule has 1 unspecified atom stereocenters. The van der Waals surface area contributed by atoms with E-state index in [2.05, 4.69) is 25.2 Å². The third-order valence-electron chi connectivity index (χ3n) is 9.72. The molecule has 4 aliphatic carbocycles. The Balaban J connectivity index is 1.47. The highest BCUT2D eigenvalue weighted by molar-refractivity contribution is 5.91. The molecular weight excluding hydrogens is 408 g/mol. The van der Waals surface area contributed by atoms with Gasteiger partial charge in [0.2, 0.25) is 0 Å². The highest BCUT2D eigenvalue weighted by Crippen LogP contribution is 2.67. The lowest BCUT2D eigenvalue weighted by Crippen LogP contribution is -2.53. The number of fused-ring (bicyclic) bond motifs is 5. The van der Waals surface area contributed by atoms with E-state index >= 15 is 0 Å². The van der Waals surface area contributed by atoms with Crippen molar-refractivity contribution in [1.82, 2.24) is 0 Å². The Morgan fingerprint density at radius 3 is 2.41 bits per heavy atom. The Morgan fingerprint density at radius 1 is 0.969 bits per heavy atom. The molecule has 0 aliphatic heterocycles. The number of hydrogen-bond acceptors (Lipinski definition) is 6. The van der Waals surface area contributed by atoms with E-state index in [0.29, 0.717) is 23.7 Å². The molecule has 0 radical (unpaired) electrons. The first-order valence-electron chi connectivity index (χ1n) is 12.2. The summed E-state index contributed by atoms with van der Waals surface area (Å²) in [5, 5.41) is 0. The molecule has 0 saturated heterocycles. The summed E-state index contributed by atoms with van der Waals surface area (Å²) in [5.74, 6) is 1.03. The molecule has 0 aromatic heterocycles. The zero-order valence-corrected chi connectivity index (χ0v) is 20.0. The molecule has 178 valence electrons. The van der Waals surface area contributed by atoms with E-state index in [1.165, 1.54) is 33.3 Å². The van der Waals surface area contributed by atoms with Crippen molar-refractivity contribution in [2.45, 2.75) is 90.8 Å². The third kappa shape index (κ3) is 3.88.